The van der Waals surface area contributed by atoms with Crippen LogP contribution < -0.4 is 5.32 Å². The van der Waals surface area contributed by atoms with Crippen molar-refractivity contribution >= 4 is 31.8 Å². The lowest BCUT2D eigenvalue weighted by Gasteiger charge is -2.24. The Kier molecular flexibility index (Phi) is 5.12. The Balaban J connectivity index is 3.31. The third-order valence-corrected chi connectivity index (χ3v) is 5.34. The molecule has 0 fully saturated rings. The number of sulfonamides is 1. The molecule has 18 heavy (non-hydrogen) atoms. The van der Waals surface area contributed by atoms with Gasteiger partial charge in [-0.2, -0.15) is 4.31 Å². The number of halogens is 1. The number of pyridine rings is 1. The maximum atomic E-state index is 12.5. The van der Waals surface area contributed by atoms with Gasteiger partial charge in [0.2, 0.25) is 10.0 Å². The maximum Gasteiger partial charge on any atom is 0.246 e. The lowest BCUT2D eigenvalue weighted by Crippen LogP contribution is -2.35. The highest BCUT2D eigenvalue weighted by Crippen LogP contribution is 2.26. The Hall–Kier alpha value is -0.660. The van der Waals surface area contributed by atoms with Gasteiger partial charge in [0, 0.05) is 30.8 Å². The van der Waals surface area contributed by atoms with Crippen LogP contribution in [0.15, 0.2) is 21.6 Å². The third-order valence-electron chi connectivity index (χ3n) is 2.92. The molecular formula is C11H18BrN3O2S. The molecule has 0 aliphatic rings. The predicted molar refractivity (Wildman–Crippen MR) is 76.2 cm³/mol. The van der Waals surface area contributed by atoms with Crippen molar-refractivity contribution in [2.24, 2.45) is 0 Å². The second kappa shape index (κ2) is 5.99. The van der Waals surface area contributed by atoms with Crippen molar-refractivity contribution in [1.29, 1.82) is 0 Å². The van der Waals surface area contributed by atoms with Crippen LogP contribution in [0.3, 0.4) is 0 Å². The van der Waals surface area contributed by atoms with Gasteiger partial charge in [-0.25, -0.2) is 13.4 Å². The predicted octanol–water partition coefficient (Wildman–Crippen LogP) is 2.30. The van der Waals surface area contributed by atoms with Gasteiger partial charge >= 0.3 is 0 Å². The topological polar surface area (TPSA) is 62.3 Å². The Labute approximate surface area is 117 Å². The molecule has 1 aromatic rings. The van der Waals surface area contributed by atoms with Crippen LogP contribution in [0.2, 0.25) is 0 Å². The second-order valence-electron chi connectivity index (χ2n) is 4.03. The van der Waals surface area contributed by atoms with Crippen LogP contribution in [0, 0.1) is 0 Å². The molecule has 0 amide bonds. The molecule has 7 heteroatoms. The van der Waals surface area contributed by atoms with Gasteiger partial charge in [-0.05, 0) is 35.3 Å². The largest absolute Gasteiger partial charge is 0.372 e. The summed E-state index contributed by atoms with van der Waals surface area (Å²) in [4.78, 5) is 4.25. The number of hydrogen-bond acceptors (Lipinski definition) is 4. The number of nitrogens with zero attached hydrogens (tertiary/aromatic N) is 2. The molecule has 1 N–H and O–H groups in total. The Morgan fingerprint density at radius 2 is 2.17 bits per heavy atom. The smallest absolute Gasteiger partial charge is 0.246 e. The molecule has 0 saturated heterocycles. The molecule has 0 aromatic carbocycles. The van der Waals surface area contributed by atoms with Crippen molar-refractivity contribution in [3.8, 4) is 0 Å². The van der Waals surface area contributed by atoms with E-state index in [9.17, 15) is 8.42 Å². The van der Waals surface area contributed by atoms with Crippen molar-refractivity contribution in [2.75, 3.05) is 19.4 Å². The second-order valence-corrected chi connectivity index (χ2v) is 6.91. The van der Waals surface area contributed by atoms with E-state index >= 15 is 0 Å². The minimum atomic E-state index is -3.54. The molecule has 1 heterocycles. The average molecular weight is 336 g/mol. The summed E-state index contributed by atoms with van der Waals surface area (Å²) < 4.78 is 27.0. The van der Waals surface area contributed by atoms with Crippen LogP contribution in [0.5, 0.6) is 0 Å². The van der Waals surface area contributed by atoms with Crippen LogP contribution in [0.4, 0.5) is 5.82 Å². The van der Waals surface area contributed by atoms with Gasteiger partial charge in [-0.1, -0.05) is 6.92 Å². The van der Waals surface area contributed by atoms with E-state index in [1.807, 2.05) is 13.8 Å². The first kappa shape index (κ1) is 15.4. The highest BCUT2D eigenvalue weighted by molar-refractivity contribution is 9.10. The highest BCUT2D eigenvalue weighted by Gasteiger charge is 2.27. The number of hydrogen-bond donors (Lipinski definition) is 1. The van der Waals surface area contributed by atoms with E-state index in [1.54, 1.807) is 26.4 Å². The zero-order valence-corrected chi connectivity index (χ0v) is 13.3. The molecule has 5 nitrogen and oxygen atoms in total. The first-order valence-corrected chi connectivity index (χ1v) is 7.89. The van der Waals surface area contributed by atoms with Gasteiger partial charge in [-0.15, -0.1) is 0 Å². The van der Waals surface area contributed by atoms with Crippen molar-refractivity contribution in [2.45, 2.75) is 31.2 Å². The molecule has 0 aliphatic carbocycles. The zero-order chi connectivity index (χ0) is 13.9. The van der Waals surface area contributed by atoms with E-state index in [0.717, 1.165) is 6.42 Å². The maximum absolute atomic E-state index is 12.5. The standard InChI is InChI=1S/C11H18BrN3O2S/c1-5-8(2)15(4)18(16,17)10-6-9(12)7-14-11(10)13-3/h6-8H,5H2,1-4H3,(H,13,14). The zero-order valence-electron chi connectivity index (χ0n) is 10.9. The fourth-order valence-corrected chi connectivity index (χ4v) is 3.55. The SMILES string of the molecule is CCC(C)N(C)S(=O)(=O)c1cc(Br)cnc1NC. The summed E-state index contributed by atoms with van der Waals surface area (Å²) in [5.74, 6) is 0.355. The molecule has 1 aromatic heterocycles. The first-order chi connectivity index (χ1) is 8.34. The molecule has 0 bridgehead atoms. The summed E-state index contributed by atoms with van der Waals surface area (Å²) in [6.45, 7) is 3.83. The minimum Gasteiger partial charge on any atom is -0.372 e. The summed E-state index contributed by atoms with van der Waals surface area (Å²) >= 11 is 3.25. The van der Waals surface area contributed by atoms with E-state index in [4.69, 9.17) is 0 Å². The van der Waals surface area contributed by atoms with E-state index in [1.165, 1.54) is 4.31 Å². The van der Waals surface area contributed by atoms with Crippen molar-refractivity contribution in [3.05, 3.63) is 16.7 Å². The van der Waals surface area contributed by atoms with Crippen molar-refractivity contribution in [3.63, 3.8) is 0 Å². The first-order valence-electron chi connectivity index (χ1n) is 5.65. The third kappa shape index (κ3) is 3.02. The molecule has 0 spiro atoms. The lowest BCUT2D eigenvalue weighted by atomic mass is 10.3. The number of anilines is 1. The average Bonchev–Trinajstić information content (AvgIpc) is 2.36. The van der Waals surface area contributed by atoms with Gasteiger partial charge in [-0.3, -0.25) is 0 Å². The van der Waals surface area contributed by atoms with Gasteiger partial charge in [0.15, 0.2) is 0 Å². The number of nitrogens with one attached hydrogen (secondary N) is 1. The fourth-order valence-electron chi connectivity index (χ4n) is 1.45. The summed E-state index contributed by atoms with van der Waals surface area (Å²) in [5.41, 5.74) is 0. The van der Waals surface area contributed by atoms with Gasteiger partial charge < -0.3 is 5.32 Å². The van der Waals surface area contributed by atoms with Crippen LogP contribution >= 0.6 is 15.9 Å². The Morgan fingerprint density at radius 1 is 1.56 bits per heavy atom. The summed E-state index contributed by atoms with van der Waals surface area (Å²) in [5, 5.41) is 2.80. The molecule has 0 radical (unpaired) electrons. The number of aromatic nitrogens is 1. The van der Waals surface area contributed by atoms with Crippen LogP contribution in [0.25, 0.3) is 0 Å². The van der Waals surface area contributed by atoms with Crippen molar-refractivity contribution < 1.29 is 8.42 Å². The highest BCUT2D eigenvalue weighted by atomic mass is 79.9. The van der Waals surface area contributed by atoms with E-state index < -0.39 is 10.0 Å². The van der Waals surface area contributed by atoms with Crippen molar-refractivity contribution in [1.82, 2.24) is 9.29 Å². The Bertz CT molecular complexity index is 519. The fraction of sp³-hybridized carbons (Fsp3) is 0.545. The molecule has 102 valence electrons. The summed E-state index contributed by atoms with van der Waals surface area (Å²) in [6.07, 6.45) is 2.32. The van der Waals surface area contributed by atoms with Crippen LogP contribution in [-0.4, -0.2) is 37.8 Å². The molecular weight excluding hydrogens is 318 g/mol. The molecule has 1 unspecified atom stereocenters. The normalized spacial score (nSPS) is 13.7. The van der Waals surface area contributed by atoms with E-state index in [2.05, 4.69) is 26.2 Å². The monoisotopic (exact) mass is 335 g/mol. The lowest BCUT2D eigenvalue weighted by molar-refractivity contribution is 0.380. The van der Waals surface area contributed by atoms with Crippen LogP contribution in [-0.2, 0) is 10.0 Å². The minimum absolute atomic E-state index is 0.0568. The van der Waals surface area contributed by atoms with E-state index in [-0.39, 0.29) is 10.9 Å². The summed E-state index contributed by atoms with van der Waals surface area (Å²) in [6, 6.07) is 1.51. The molecule has 1 atom stereocenters. The number of rotatable bonds is 5. The van der Waals surface area contributed by atoms with E-state index in [0.29, 0.717) is 10.3 Å². The Morgan fingerprint density at radius 3 is 2.67 bits per heavy atom. The van der Waals surface area contributed by atoms with Gasteiger partial charge in [0.05, 0.1) is 0 Å². The van der Waals surface area contributed by atoms with Gasteiger partial charge in [0.25, 0.3) is 0 Å². The van der Waals surface area contributed by atoms with Gasteiger partial charge in [0.1, 0.15) is 10.7 Å². The molecule has 0 saturated carbocycles. The molecule has 0 aliphatic heterocycles. The van der Waals surface area contributed by atoms with Crippen LogP contribution in [0.1, 0.15) is 20.3 Å². The quantitative estimate of drug-likeness (QED) is 0.896. The molecule has 1 rings (SSSR count). The summed E-state index contributed by atoms with van der Waals surface area (Å²) in [7, 11) is -0.299.